The fraction of sp³-hybridized carbons (Fsp3) is 0.500. The summed E-state index contributed by atoms with van der Waals surface area (Å²) >= 11 is 0. The molecule has 0 aliphatic carbocycles. The maximum absolute atomic E-state index is 8.83. The third-order valence-corrected chi connectivity index (χ3v) is 2.92. The minimum atomic E-state index is 0.183. The number of nitrogens with zero attached hydrogens (tertiary/aromatic N) is 1. The van der Waals surface area contributed by atoms with Crippen LogP contribution in [0.3, 0.4) is 0 Å². The third kappa shape index (κ3) is 3.21. The fourth-order valence-electron chi connectivity index (χ4n) is 2.27. The molecule has 1 aliphatic heterocycles. The van der Waals surface area contributed by atoms with Crippen LogP contribution >= 0.6 is 0 Å². The molecule has 0 aromatic heterocycles. The van der Waals surface area contributed by atoms with Crippen molar-refractivity contribution in [1.29, 1.82) is 5.26 Å². The lowest BCUT2D eigenvalue weighted by Crippen LogP contribution is -2.35. The predicted octanol–water partition coefficient (Wildman–Crippen LogP) is 2.89. The van der Waals surface area contributed by atoms with Crippen LogP contribution in [0.2, 0.25) is 0 Å². The van der Waals surface area contributed by atoms with E-state index in [0.29, 0.717) is 5.56 Å². The number of hydrogen-bond donors (Lipinski definition) is 0. The number of hydrogen-bond acceptors (Lipinski definition) is 3. The van der Waals surface area contributed by atoms with Gasteiger partial charge in [0, 0.05) is 12.8 Å². The molecule has 0 amide bonds. The highest BCUT2D eigenvalue weighted by Gasteiger charge is 2.25. The Morgan fingerprint density at radius 3 is 2.65 bits per heavy atom. The van der Waals surface area contributed by atoms with E-state index in [2.05, 4.69) is 19.9 Å². The van der Waals surface area contributed by atoms with Crippen molar-refractivity contribution in [2.45, 2.75) is 45.0 Å². The minimum Gasteiger partial charge on any atom is -0.490 e. The summed E-state index contributed by atoms with van der Waals surface area (Å²) in [7, 11) is 0. The molecule has 0 N–H and O–H groups in total. The first kappa shape index (κ1) is 11.9. The lowest BCUT2D eigenvalue weighted by Gasteiger charge is -2.32. The zero-order chi connectivity index (χ0) is 12.3. The Kier molecular flexibility index (Phi) is 3.65. The van der Waals surface area contributed by atoms with E-state index in [9.17, 15) is 0 Å². The van der Waals surface area contributed by atoms with Crippen LogP contribution in [-0.4, -0.2) is 18.3 Å². The molecule has 3 nitrogen and oxygen atoms in total. The van der Waals surface area contributed by atoms with E-state index in [-0.39, 0.29) is 18.3 Å². The Morgan fingerprint density at radius 1 is 1.29 bits per heavy atom. The molecule has 1 aliphatic rings. The van der Waals surface area contributed by atoms with Crippen LogP contribution in [0.4, 0.5) is 0 Å². The Balaban J connectivity index is 2.02. The molecular formula is C14H17NO2. The second-order valence-corrected chi connectivity index (χ2v) is 4.61. The van der Waals surface area contributed by atoms with Crippen LogP contribution in [0.1, 0.15) is 32.3 Å². The first-order chi connectivity index (χ1) is 8.17. The molecule has 0 saturated carbocycles. The third-order valence-electron chi connectivity index (χ3n) is 2.92. The van der Waals surface area contributed by atoms with E-state index < -0.39 is 0 Å². The van der Waals surface area contributed by atoms with Gasteiger partial charge in [-0.1, -0.05) is 6.07 Å². The Morgan fingerprint density at radius 2 is 2.00 bits per heavy atom. The van der Waals surface area contributed by atoms with Crippen molar-refractivity contribution < 1.29 is 9.47 Å². The molecule has 0 spiro atoms. The van der Waals surface area contributed by atoms with Crippen LogP contribution in [0.25, 0.3) is 0 Å². The smallest absolute Gasteiger partial charge is 0.121 e. The average Bonchev–Trinajstić information content (AvgIpc) is 2.28. The van der Waals surface area contributed by atoms with Gasteiger partial charge in [-0.3, -0.25) is 0 Å². The van der Waals surface area contributed by atoms with Crippen molar-refractivity contribution in [3.63, 3.8) is 0 Å². The van der Waals surface area contributed by atoms with Gasteiger partial charge in [-0.2, -0.15) is 5.26 Å². The molecule has 0 bridgehead atoms. The van der Waals surface area contributed by atoms with E-state index in [1.807, 2.05) is 12.1 Å². The first-order valence-electron chi connectivity index (χ1n) is 5.99. The normalized spacial score (nSPS) is 28.4. The van der Waals surface area contributed by atoms with Crippen molar-refractivity contribution in [2.75, 3.05) is 0 Å². The number of ether oxygens (including phenoxy) is 2. The van der Waals surface area contributed by atoms with Gasteiger partial charge in [0.15, 0.2) is 0 Å². The second-order valence-electron chi connectivity index (χ2n) is 4.61. The maximum Gasteiger partial charge on any atom is 0.121 e. The molecule has 17 heavy (non-hydrogen) atoms. The summed E-state index contributed by atoms with van der Waals surface area (Å²) in [6.45, 7) is 4.13. The highest BCUT2D eigenvalue weighted by Crippen LogP contribution is 2.24. The molecule has 90 valence electrons. The highest BCUT2D eigenvalue weighted by atomic mass is 16.5. The van der Waals surface area contributed by atoms with Gasteiger partial charge in [0.05, 0.1) is 23.8 Å². The van der Waals surface area contributed by atoms with Gasteiger partial charge in [0.2, 0.25) is 0 Å². The molecule has 2 rings (SSSR count). The molecule has 1 heterocycles. The summed E-state index contributed by atoms with van der Waals surface area (Å²) in [5.74, 6) is 0.773. The molecule has 0 radical (unpaired) electrons. The summed E-state index contributed by atoms with van der Waals surface area (Å²) in [4.78, 5) is 0. The summed E-state index contributed by atoms with van der Waals surface area (Å²) < 4.78 is 11.6. The van der Waals surface area contributed by atoms with Crippen molar-refractivity contribution >= 4 is 0 Å². The van der Waals surface area contributed by atoms with E-state index in [0.717, 1.165) is 18.6 Å². The van der Waals surface area contributed by atoms with E-state index in [1.165, 1.54) is 0 Å². The Hall–Kier alpha value is -1.53. The lowest BCUT2D eigenvalue weighted by molar-refractivity contribution is -0.0721. The molecule has 1 saturated heterocycles. The number of nitriles is 1. The summed E-state index contributed by atoms with van der Waals surface area (Å²) in [6.07, 6.45) is 2.47. The maximum atomic E-state index is 8.83. The molecule has 1 fully saturated rings. The highest BCUT2D eigenvalue weighted by molar-refractivity contribution is 5.36. The zero-order valence-corrected chi connectivity index (χ0v) is 10.2. The summed E-state index contributed by atoms with van der Waals surface area (Å²) in [6, 6.07) is 9.42. The fourth-order valence-corrected chi connectivity index (χ4v) is 2.27. The van der Waals surface area contributed by atoms with Crippen LogP contribution in [0.5, 0.6) is 5.75 Å². The molecular weight excluding hydrogens is 214 g/mol. The van der Waals surface area contributed by atoms with Crippen LogP contribution < -0.4 is 4.74 Å². The lowest BCUT2D eigenvalue weighted by atomic mass is 10.0. The van der Waals surface area contributed by atoms with Crippen molar-refractivity contribution in [3.8, 4) is 11.8 Å². The van der Waals surface area contributed by atoms with E-state index >= 15 is 0 Å². The molecule has 1 aromatic rings. The monoisotopic (exact) mass is 231 g/mol. The van der Waals surface area contributed by atoms with E-state index in [4.69, 9.17) is 14.7 Å². The zero-order valence-electron chi connectivity index (χ0n) is 10.2. The summed E-state index contributed by atoms with van der Waals surface area (Å²) in [5, 5.41) is 8.83. The van der Waals surface area contributed by atoms with Gasteiger partial charge in [-0.15, -0.1) is 0 Å². The largest absolute Gasteiger partial charge is 0.490 e. The van der Waals surface area contributed by atoms with Gasteiger partial charge in [0.25, 0.3) is 0 Å². The van der Waals surface area contributed by atoms with Gasteiger partial charge in [-0.25, -0.2) is 0 Å². The molecule has 2 unspecified atom stereocenters. The number of benzene rings is 1. The SMILES string of the molecule is CC1CC(Oc2cccc(C#N)c2)CC(C)O1. The minimum absolute atomic E-state index is 0.183. The van der Waals surface area contributed by atoms with Gasteiger partial charge in [0.1, 0.15) is 11.9 Å². The quantitative estimate of drug-likeness (QED) is 0.786. The topological polar surface area (TPSA) is 42.2 Å². The van der Waals surface area contributed by atoms with Crippen molar-refractivity contribution in [3.05, 3.63) is 29.8 Å². The summed E-state index contributed by atoms with van der Waals surface area (Å²) in [5.41, 5.74) is 0.635. The molecule has 2 atom stereocenters. The first-order valence-corrected chi connectivity index (χ1v) is 5.99. The number of rotatable bonds is 2. The van der Waals surface area contributed by atoms with Gasteiger partial charge < -0.3 is 9.47 Å². The Labute approximate surface area is 102 Å². The standard InChI is InChI=1S/C14H17NO2/c1-10-6-14(7-11(2)16-10)17-13-5-3-4-12(8-13)9-15/h3-5,8,10-11,14H,6-7H2,1-2H3. The van der Waals surface area contributed by atoms with Crippen molar-refractivity contribution in [2.24, 2.45) is 0 Å². The molecule has 3 heteroatoms. The molecule has 1 aromatic carbocycles. The van der Waals surface area contributed by atoms with Gasteiger partial charge in [-0.05, 0) is 32.0 Å². The predicted molar refractivity (Wildman–Crippen MR) is 64.8 cm³/mol. The van der Waals surface area contributed by atoms with E-state index in [1.54, 1.807) is 12.1 Å². The van der Waals surface area contributed by atoms with Crippen molar-refractivity contribution in [1.82, 2.24) is 0 Å². The van der Waals surface area contributed by atoms with Crippen LogP contribution in [0.15, 0.2) is 24.3 Å². The second kappa shape index (κ2) is 5.20. The van der Waals surface area contributed by atoms with Gasteiger partial charge >= 0.3 is 0 Å². The Bertz CT molecular complexity index is 414. The average molecular weight is 231 g/mol. The van der Waals surface area contributed by atoms with Crippen LogP contribution in [-0.2, 0) is 4.74 Å². The van der Waals surface area contributed by atoms with Crippen LogP contribution in [0, 0.1) is 11.3 Å².